The Morgan fingerprint density at radius 1 is 1.15 bits per heavy atom. The lowest BCUT2D eigenvalue weighted by atomic mass is 10.2. The van der Waals surface area contributed by atoms with Crippen LogP contribution < -0.4 is 5.32 Å². The van der Waals surface area contributed by atoms with Crippen LogP contribution in [0.4, 0.5) is 5.69 Å². The zero-order valence-corrected chi connectivity index (χ0v) is 16.6. The molecule has 26 heavy (non-hydrogen) atoms. The van der Waals surface area contributed by atoms with Crippen LogP contribution in [-0.2, 0) is 4.79 Å². The highest BCUT2D eigenvalue weighted by Gasteiger charge is 2.28. The second-order valence-electron chi connectivity index (χ2n) is 6.09. The third kappa shape index (κ3) is 4.38. The Kier molecular flexibility index (Phi) is 6.19. The molecule has 1 aliphatic rings. The van der Waals surface area contributed by atoms with E-state index in [1.807, 2.05) is 29.3 Å². The van der Waals surface area contributed by atoms with Gasteiger partial charge in [-0.25, -0.2) is 0 Å². The first-order valence-corrected chi connectivity index (χ1v) is 9.92. The SMILES string of the molecule is CC(C(=O)Nc1cc(Cl)ccc1Cl)N1CCN(C(=O)c2cccs2)CC1. The van der Waals surface area contributed by atoms with E-state index in [-0.39, 0.29) is 17.9 Å². The smallest absolute Gasteiger partial charge is 0.264 e. The van der Waals surface area contributed by atoms with E-state index in [4.69, 9.17) is 23.2 Å². The Bertz CT molecular complexity index is 790. The second-order valence-corrected chi connectivity index (χ2v) is 7.89. The summed E-state index contributed by atoms with van der Waals surface area (Å²) in [5.41, 5.74) is 0.502. The van der Waals surface area contributed by atoms with Gasteiger partial charge < -0.3 is 10.2 Å². The van der Waals surface area contributed by atoms with Gasteiger partial charge in [-0.2, -0.15) is 0 Å². The van der Waals surface area contributed by atoms with E-state index in [9.17, 15) is 9.59 Å². The van der Waals surface area contributed by atoms with Crippen molar-refractivity contribution in [1.82, 2.24) is 9.80 Å². The Labute approximate surface area is 166 Å². The van der Waals surface area contributed by atoms with Crippen molar-refractivity contribution >= 4 is 52.0 Å². The fourth-order valence-corrected chi connectivity index (χ4v) is 3.89. The first-order valence-electron chi connectivity index (χ1n) is 8.28. The summed E-state index contributed by atoms with van der Waals surface area (Å²) in [5, 5.41) is 5.69. The number of carbonyl (C=O) groups excluding carboxylic acids is 2. The topological polar surface area (TPSA) is 52.7 Å². The predicted octanol–water partition coefficient (Wildman–Crippen LogP) is 3.84. The van der Waals surface area contributed by atoms with E-state index in [0.717, 1.165) is 4.88 Å². The maximum atomic E-state index is 12.5. The van der Waals surface area contributed by atoms with Crippen LogP contribution in [0.3, 0.4) is 0 Å². The standard InChI is InChI=1S/C18H19Cl2N3O2S/c1-12(17(24)21-15-11-13(19)4-5-14(15)20)22-6-8-23(9-7-22)18(25)16-3-2-10-26-16/h2-5,10-12H,6-9H2,1H3,(H,21,24). The number of hydrogen-bond donors (Lipinski definition) is 1. The van der Waals surface area contributed by atoms with Gasteiger partial charge in [0.05, 0.1) is 21.6 Å². The molecule has 2 amide bonds. The van der Waals surface area contributed by atoms with Crippen molar-refractivity contribution in [3.63, 3.8) is 0 Å². The Morgan fingerprint density at radius 3 is 2.54 bits per heavy atom. The summed E-state index contributed by atoms with van der Waals surface area (Å²) in [4.78, 5) is 29.6. The number of benzene rings is 1. The van der Waals surface area contributed by atoms with Crippen molar-refractivity contribution in [3.05, 3.63) is 50.6 Å². The average Bonchev–Trinajstić information content (AvgIpc) is 3.18. The van der Waals surface area contributed by atoms with Crippen LogP contribution in [-0.4, -0.2) is 53.8 Å². The molecule has 0 saturated carbocycles. The quantitative estimate of drug-likeness (QED) is 0.831. The molecule has 1 atom stereocenters. The first kappa shape index (κ1) is 19.2. The molecule has 5 nitrogen and oxygen atoms in total. The van der Waals surface area contributed by atoms with Crippen molar-refractivity contribution in [1.29, 1.82) is 0 Å². The summed E-state index contributed by atoms with van der Waals surface area (Å²) in [6.07, 6.45) is 0. The fourth-order valence-electron chi connectivity index (χ4n) is 2.86. The van der Waals surface area contributed by atoms with Crippen molar-refractivity contribution in [3.8, 4) is 0 Å². The predicted molar refractivity (Wildman–Crippen MR) is 106 cm³/mol. The Morgan fingerprint density at radius 2 is 1.88 bits per heavy atom. The number of thiophene rings is 1. The molecule has 1 N–H and O–H groups in total. The molecule has 1 aliphatic heterocycles. The fraction of sp³-hybridized carbons (Fsp3) is 0.333. The summed E-state index contributed by atoms with van der Waals surface area (Å²) in [6, 6.07) is 8.34. The van der Waals surface area contributed by atoms with Gasteiger partial charge in [0.15, 0.2) is 0 Å². The Hall–Kier alpha value is -1.60. The summed E-state index contributed by atoms with van der Waals surface area (Å²) in [5.74, 6) is -0.0883. The zero-order chi connectivity index (χ0) is 18.7. The van der Waals surface area contributed by atoms with Gasteiger partial charge in [-0.15, -0.1) is 11.3 Å². The first-order chi connectivity index (χ1) is 12.5. The van der Waals surface area contributed by atoms with Crippen molar-refractivity contribution in [2.75, 3.05) is 31.5 Å². The Balaban J connectivity index is 1.56. The van der Waals surface area contributed by atoms with Gasteiger partial charge in [0, 0.05) is 31.2 Å². The molecule has 1 aromatic carbocycles. The van der Waals surface area contributed by atoms with E-state index < -0.39 is 0 Å². The van der Waals surface area contributed by atoms with Gasteiger partial charge in [0.25, 0.3) is 5.91 Å². The molecule has 1 saturated heterocycles. The van der Waals surface area contributed by atoms with Crippen molar-refractivity contribution in [2.24, 2.45) is 0 Å². The zero-order valence-electron chi connectivity index (χ0n) is 14.2. The number of nitrogens with zero attached hydrogens (tertiary/aromatic N) is 2. The lowest BCUT2D eigenvalue weighted by molar-refractivity contribution is -0.121. The van der Waals surface area contributed by atoms with Gasteiger partial charge in [-0.05, 0) is 36.6 Å². The minimum absolute atomic E-state index is 0.0578. The molecular weight excluding hydrogens is 393 g/mol. The molecule has 1 aromatic heterocycles. The molecular formula is C18H19Cl2N3O2S. The third-order valence-corrected chi connectivity index (χ3v) is 5.87. The van der Waals surface area contributed by atoms with Gasteiger partial charge >= 0.3 is 0 Å². The third-order valence-electron chi connectivity index (χ3n) is 4.45. The normalized spacial score (nSPS) is 16.3. The lowest BCUT2D eigenvalue weighted by Gasteiger charge is -2.37. The minimum atomic E-state index is -0.330. The van der Waals surface area contributed by atoms with Crippen molar-refractivity contribution < 1.29 is 9.59 Å². The molecule has 0 radical (unpaired) electrons. The average molecular weight is 412 g/mol. The number of halogens is 2. The van der Waals surface area contributed by atoms with E-state index in [1.165, 1.54) is 11.3 Å². The molecule has 0 aliphatic carbocycles. The van der Waals surface area contributed by atoms with Gasteiger partial charge in [-0.3, -0.25) is 14.5 Å². The maximum absolute atomic E-state index is 12.5. The molecule has 0 bridgehead atoms. The van der Waals surface area contributed by atoms with E-state index >= 15 is 0 Å². The van der Waals surface area contributed by atoms with E-state index in [2.05, 4.69) is 10.2 Å². The van der Waals surface area contributed by atoms with Crippen LogP contribution in [0.5, 0.6) is 0 Å². The molecule has 2 aromatic rings. The summed E-state index contributed by atoms with van der Waals surface area (Å²) < 4.78 is 0. The van der Waals surface area contributed by atoms with Crippen LogP contribution in [0.1, 0.15) is 16.6 Å². The highest BCUT2D eigenvalue weighted by Crippen LogP contribution is 2.26. The number of hydrogen-bond acceptors (Lipinski definition) is 4. The van der Waals surface area contributed by atoms with E-state index in [0.29, 0.717) is 41.9 Å². The van der Waals surface area contributed by atoms with Crippen LogP contribution in [0, 0.1) is 0 Å². The van der Waals surface area contributed by atoms with Crippen LogP contribution in [0.15, 0.2) is 35.7 Å². The summed E-state index contributed by atoms with van der Waals surface area (Å²) >= 11 is 13.5. The number of anilines is 1. The highest BCUT2D eigenvalue weighted by atomic mass is 35.5. The number of amides is 2. The molecule has 138 valence electrons. The maximum Gasteiger partial charge on any atom is 0.264 e. The van der Waals surface area contributed by atoms with Crippen LogP contribution in [0.25, 0.3) is 0 Å². The van der Waals surface area contributed by atoms with Gasteiger partial charge in [-0.1, -0.05) is 29.3 Å². The number of rotatable bonds is 4. The van der Waals surface area contributed by atoms with Crippen LogP contribution in [0.2, 0.25) is 10.0 Å². The van der Waals surface area contributed by atoms with E-state index in [1.54, 1.807) is 18.2 Å². The molecule has 1 fully saturated rings. The minimum Gasteiger partial charge on any atom is -0.335 e. The number of carbonyl (C=O) groups is 2. The number of nitrogens with one attached hydrogen (secondary N) is 1. The molecule has 2 heterocycles. The highest BCUT2D eigenvalue weighted by molar-refractivity contribution is 7.12. The molecule has 3 rings (SSSR count). The number of piperazine rings is 1. The molecule has 1 unspecified atom stereocenters. The van der Waals surface area contributed by atoms with Gasteiger partial charge in [0.2, 0.25) is 5.91 Å². The second kappa shape index (κ2) is 8.39. The monoisotopic (exact) mass is 411 g/mol. The molecule has 8 heteroatoms. The van der Waals surface area contributed by atoms with Gasteiger partial charge in [0.1, 0.15) is 0 Å². The largest absolute Gasteiger partial charge is 0.335 e. The summed E-state index contributed by atoms with van der Waals surface area (Å²) in [7, 11) is 0. The van der Waals surface area contributed by atoms with Crippen LogP contribution >= 0.6 is 34.5 Å². The molecule has 0 spiro atoms. The summed E-state index contributed by atoms with van der Waals surface area (Å²) in [6.45, 7) is 4.35. The lowest BCUT2D eigenvalue weighted by Crippen LogP contribution is -2.53. The van der Waals surface area contributed by atoms with Crippen molar-refractivity contribution in [2.45, 2.75) is 13.0 Å².